The summed E-state index contributed by atoms with van der Waals surface area (Å²) in [5.41, 5.74) is 7.45. The van der Waals surface area contributed by atoms with E-state index in [2.05, 4.69) is 25.3 Å². The minimum absolute atomic E-state index is 0.514. The predicted molar refractivity (Wildman–Crippen MR) is 81.3 cm³/mol. The molecule has 1 aromatic rings. The number of unbranched alkanes of at least 4 members (excludes halogenated alkanes) is 4. The summed E-state index contributed by atoms with van der Waals surface area (Å²) >= 11 is 0. The van der Waals surface area contributed by atoms with Crippen LogP contribution in [0.25, 0.3) is 0 Å². The first-order valence-corrected chi connectivity index (χ1v) is 7.98. The van der Waals surface area contributed by atoms with E-state index in [1.54, 1.807) is 0 Å². The molecule has 0 fully saturated rings. The molecule has 2 heterocycles. The molecule has 0 aromatic carbocycles. The summed E-state index contributed by atoms with van der Waals surface area (Å²) in [5.74, 6) is 2.89. The van der Waals surface area contributed by atoms with Gasteiger partial charge in [-0.05, 0) is 32.1 Å². The lowest BCUT2D eigenvalue weighted by Crippen LogP contribution is -2.22. The highest BCUT2D eigenvalue weighted by atomic mass is 15.2. The first kappa shape index (κ1) is 14.4. The molecule has 0 saturated heterocycles. The molecule has 1 aliphatic heterocycles. The summed E-state index contributed by atoms with van der Waals surface area (Å²) in [4.78, 5) is 4.81. The number of fused-ring (bicyclic) bond motifs is 1. The molecule has 19 heavy (non-hydrogen) atoms. The largest absolute Gasteiger partial charge is 0.384 e. The average Bonchev–Trinajstić information content (AvgIpc) is 2.66. The van der Waals surface area contributed by atoms with Crippen LogP contribution >= 0.6 is 0 Å². The molecular formula is C16H29N3. The molecular weight excluding hydrogens is 234 g/mol. The molecule has 1 aromatic heterocycles. The third kappa shape index (κ3) is 3.31. The van der Waals surface area contributed by atoms with Gasteiger partial charge in [-0.15, -0.1) is 0 Å². The second-order valence-electron chi connectivity index (χ2n) is 6.29. The number of aryl methyl sites for hydroxylation is 1. The lowest BCUT2D eigenvalue weighted by Gasteiger charge is -2.27. The molecule has 2 rings (SSSR count). The van der Waals surface area contributed by atoms with E-state index in [1.807, 2.05) is 0 Å². The Morgan fingerprint density at radius 3 is 2.68 bits per heavy atom. The van der Waals surface area contributed by atoms with Crippen LogP contribution < -0.4 is 5.73 Å². The normalized spacial score (nSPS) is 22.5. The van der Waals surface area contributed by atoms with Crippen molar-refractivity contribution in [2.45, 2.75) is 78.2 Å². The standard InChI is InChI=1S/C16H29N3/c1-4-5-6-7-8-9-14-16(17)19-13(3)10-12(2)11-15(19)18-14/h12-13H,4-11,17H2,1-3H3. The van der Waals surface area contributed by atoms with Crippen LogP contribution in [-0.2, 0) is 12.8 Å². The molecule has 0 amide bonds. The molecule has 108 valence electrons. The average molecular weight is 263 g/mol. The van der Waals surface area contributed by atoms with E-state index < -0.39 is 0 Å². The number of imidazole rings is 1. The maximum absolute atomic E-state index is 6.30. The van der Waals surface area contributed by atoms with Crippen molar-refractivity contribution in [2.24, 2.45) is 5.92 Å². The second-order valence-corrected chi connectivity index (χ2v) is 6.29. The fourth-order valence-corrected chi connectivity index (χ4v) is 3.34. The Hall–Kier alpha value is -0.990. The maximum atomic E-state index is 6.30. The lowest BCUT2D eigenvalue weighted by molar-refractivity contribution is 0.346. The van der Waals surface area contributed by atoms with Gasteiger partial charge in [-0.1, -0.05) is 39.5 Å². The molecule has 2 atom stereocenters. The van der Waals surface area contributed by atoms with Gasteiger partial charge in [0.05, 0.1) is 5.69 Å². The van der Waals surface area contributed by atoms with E-state index in [1.165, 1.54) is 44.3 Å². The minimum atomic E-state index is 0.514. The third-order valence-electron chi connectivity index (χ3n) is 4.33. The zero-order valence-electron chi connectivity index (χ0n) is 12.8. The number of nitrogen functional groups attached to an aromatic ring is 1. The summed E-state index contributed by atoms with van der Waals surface area (Å²) in [7, 11) is 0. The van der Waals surface area contributed by atoms with Gasteiger partial charge in [0.1, 0.15) is 11.6 Å². The number of nitrogens with two attached hydrogens (primary N) is 1. The van der Waals surface area contributed by atoms with Gasteiger partial charge in [-0.3, -0.25) is 0 Å². The van der Waals surface area contributed by atoms with E-state index in [9.17, 15) is 0 Å². The van der Waals surface area contributed by atoms with E-state index >= 15 is 0 Å². The highest BCUT2D eigenvalue weighted by Gasteiger charge is 2.25. The van der Waals surface area contributed by atoms with Crippen LogP contribution in [0.4, 0.5) is 5.82 Å². The summed E-state index contributed by atoms with van der Waals surface area (Å²) in [5, 5.41) is 0. The second kappa shape index (κ2) is 6.44. The van der Waals surface area contributed by atoms with Gasteiger partial charge in [0.2, 0.25) is 0 Å². The Morgan fingerprint density at radius 1 is 1.21 bits per heavy atom. The highest BCUT2D eigenvalue weighted by Crippen LogP contribution is 2.32. The van der Waals surface area contributed by atoms with Crippen LogP contribution in [0, 0.1) is 5.92 Å². The Labute approximate surface area is 117 Å². The predicted octanol–water partition coefficient (Wildman–Crippen LogP) is 4.12. The zero-order valence-corrected chi connectivity index (χ0v) is 12.8. The van der Waals surface area contributed by atoms with Crippen molar-refractivity contribution in [3.8, 4) is 0 Å². The monoisotopic (exact) mass is 263 g/mol. The summed E-state index contributed by atoms with van der Waals surface area (Å²) in [6.07, 6.45) is 9.90. The van der Waals surface area contributed by atoms with Crippen LogP contribution in [-0.4, -0.2) is 9.55 Å². The number of aromatic nitrogens is 2. The fourth-order valence-electron chi connectivity index (χ4n) is 3.34. The van der Waals surface area contributed by atoms with Gasteiger partial charge in [0, 0.05) is 12.5 Å². The summed E-state index contributed by atoms with van der Waals surface area (Å²) < 4.78 is 2.28. The zero-order chi connectivity index (χ0) is 13.8. The van der Waals surface area contributed by atoms with Gasteiger partial charge in [-0.2, -0.15) is 0 Å². The molecule has 0 spiro atoms. The Balaban J connectivity index is 1.97. The van der Waals surface area contributed by atoms with Crippen molar-refractivity contribution in [3.63, 3.8) is 0 Å². The fraction of sp³-hybridized carbons (Fsp3) is 0.812. The van der Waals surface area contributed by atoms with Gasteiger partial charge >= 0.3 is 0 Å². The van der Waals surface area contributed by atoms with Crippen molar-refractivity contribution < 1.29 is 0 Å². The van der Waals surface area contributed by atoms with Crippen LogP contribution in [0.3, 0.4) is 0 Å². The topological polar surface area (TPSA) is 43.8 Å². The molecule has 0 aliphatic carbocycles. The van der Waals surface area contributed by atoms with Crippen molar-refractivity contribution in [1.82, 2.24) is 9.55 Å². The summed E-state index contributed by atoms with van der Waals surface area (Å²) in [6, 6.07) is 0.514. The molecule has 0 radical (unpaired) electrons. The Morgan fingerprint density at radius 2 is 1.95 bits per heavy atom. The van der Waals surface area contributed by atoms with Crippen LogP contribution in [0.5, 0.6) is 0 Å². The molecule has 2 N–H and O–H groups in total. The van der Waals surface area contributed by atoms with Crippen molar-refractivity contribution >= 4 is 5.82 Å². The molecule has 0 bridgehead atoms. The van der Waals surface area contributed by atoms with E-state index in [-0.39, 0.29) is 0 Å². The summed E-state index contributed by atoms with van der Waals surface area (Å²) in [6.45, 7) is 6.83. The van der Waals surface area contributed by atoms with Crippen molar-refractivity contribution in [2.75, 3.05) is 5.73 Å². The van der Waals surface area contributed by atoms with Crippen molar-refractivity contribution in [3.05, 3.63) is 11.5 Å². The third-order valence-corrected chi connectivity index (χ3v) is 4.33. The van der Waals surface area contributed by atoms with Crippen LogP contribution in [0.15, 0.2) is 0 Å². The highest BCUT2D eigenvalue weighted by molar-refractivity contribution is 5.39. The number of nitrogens with zero attached hydrogens (tertiary/aromatic N) is 2. The lowest BCUT2D eigenvalue weighted by atomic mass is 9.95. The number of hydrogen-bond acceptors (Lipinski definition) is 2. The first-order valence-electron chi connectivity index (χ1n) is 7.98. The van der Waals surface area contributed by atoms with Crippen LogP contribution in [0.1, 0.15) is 76.9 Å². The SMILES string of the molecule is CCCCCCCc1nc2n(c1N)C(C)CC(C)C2. The van der Waals surface area contributed by atoms with E-state index in [0.717, 1.165) is 30.3 Å². The van der Waals surface area contributed by atoms with Gasteiger partial charge in [0.25, 0.3) is 0 Å². The Bertz CT molecular complexity index is 408. The number of rotatable bonds is 6. The molecule has 3 nitrogen and oxygen atoms in total. The molecule has 3 heteroatoms. The molecule has 2 unspecified atom stereocenters. The number of anilines is 1. The number of hydrogen-bond donors (Lipinski definition) is 1. The molecule has 0 saturated carbocycles. The van der Waals surface area contributed by atoms with Gasteiger partial charge in [0.15, 0.2) is 0 Å². The van der Waals surface area contributed by atoms with Gasteiger partial charge < -0.3 is 10.3 Å². The molecule has 1 aliphatic rings. The minimum Gasteiger partial charge on any atom is -0.384 e. The first-order chi connectivity index (χ1) is 9.13. The maximum Gasteiger partial charge on any atom is 0.127 e. The van der Waals surface area contributed by atoms with Crippen LogP contribution in [0.2, 0.25) is 0 Å². The van der Waals surface area contributed by atoms with E-state index in [0.29, 0.717) is 6.04 Å². The smallest absolute Gasteiger partial charge is 0.127 e. The van der Waals surface area contributed by atoms with Gasteiger partial charge in [-0.25, -0.2) is 4.98 Å². The van der Waals surface area contributed by atoms with Crippen molar-refractivity contribution in [1.29, 1.82) is 0 Å². The van der Waals surface area contributed by atoms with E-state index in [4.69, 9.17) is 10.7 Å². The quantitative estimate of drug-likeness (QED) is 0.784. The Kier molecular flexibility index (Phi) is 4.89.